The number of hydrogen-bond acceptors (Lipinski definition) is 3. The highest BCUT2D eigenvalue weighted by atomic mass is 19.1. The van der Waals surface area contributed by atoms with Crippen molar-refractivity contribution in [3.63, 3.8) is 0 Å². The Labute approximate surface area is 126 Å². The first-order valence-corrected chi connectivity index (χ1v) is 6.66. The van der Waals surface area contributed by atoms with Gasteiger partial charge < -0.3 is 10.5 Å². The van der Waals surface area contributed by atoms with Crippen molar-refractivity contribution in [1.29, 1.82) is 0 Å². The highest BCUT2D eigenvalue weighted by Gasteiger charge is 2.19. The fourth-order valence-corrected chi connectivity index (χ4v) is 2.40. The third kappa shape index (κ3) is 2.44. The van der Waals surface area contributed by atoms with Crippen molar-refractivity contribution in [2.24, 2.45) is 5.73 Å². The van der Waals surface area contributed by atoms with E-state index in [0.29, 0.717) is 28.9 Å². The standard InChI is InChI=1S/C16H14FN3O2/c1-22-9-10-6-7-20-13(8-10)14(16(18)21)15(19-20)11-2-4-12(17)5-3-11/h2-8H,9H2,1H3,(H2,18,21). The number of halogens is 1. The molecule has 0 fully saturated rings. The number of nitrogens with two attached hydrogens (primary N) is 1. The van der Waals surface area contributed by atoms with Crippen molar-refractivity contribution in [3.8, 4) is 11.3 Å². The van der Waals surface area contributed by atoms with Gasteiger partial charge in [-0.3, -0.25) is 4.79 Å². The summed E-state index contributed by atoms with van der Waals surface area (Å²) in [5, 5.41) is 4.39. The van der Waals surface area contributed by atoms with Crippen LogP contribution in [0.15, 0.2) is 42.6 Å². The summed E-state index contributed by atoms with van der Waals surface area (Å²) in [6.45, 7) is 0.422. The van der Waals surface area contributed by atoms with Crippen LogP contribution in [0.4, 0.5) is 4.39 Å². The van der Waals surface area contributed by atoms with E-state index in [1.165, 1.54) is 12.1 Å². The molecule has 1 amide bonds. The summed E-state index contributed by atoms with van der Waals surface area (Å²) in [7, 11) is 1.60. The molecule has 2 heterocycles. The van der Waals surface area contributed by atoms with Gasteiger partial charge in [0.15, 0.2) is 0 Å². The van der Waals surface area contributed by atoms with Gasteiger partial charge in [0, 0.05) is 18.9 Å². The smallest absolute Gasteiger partial charge is 0.253 e. The number of fused-ring (bicyclic) bond motifs is 1. The first-order valence-electron chi connectivity index (χ1n) is 6.66. The zero-order chi connectivity index (χ0) is 15.7. The molecule has 0 saturated heterocycles. The summed E-state index contributed by atoms with van der Waals surface area (Å²) >= 11 is 0. The van der Waals surface area contributed by atoms with Crippen LogP contribution in [0.25, 0.3) is 16.8 Å². The highest BCUT2D eigenvalue weighted by Crippen LogP contribution is 2.26. The van der Waals surface area contributed by atoms with Crippen molar-refractivity contribution >= 4 is 11.4 Å². The Balaban J connectivity index is 2.23. The van der Waals surface area contributed by atoms with E-state index in [4.69, 9.17) is 10.5 Å². The Morgan fingerprint density at radius 1 is 1.32 bits per heavy atom. The number of benzene rings is 1. The molecule has 2 N–H and O–H groups in total. The van der Waals surface area contributed by atoms with Crippen molar-refractivity contribution < 1.29 is 13.9 Å². The number of pyridine rings is 1. The molecule has 2 aromatic heterocycles. The monoisotopic (exact) mass is 299 g/mol. The highest BCUT2D eigenvalue weighted by molar-refractivity contribution is 6.05. The molecule has 0 aliphatic heterocycles. The van der Waals surface area contributed by atoms with Gasteiger partial charge in [0.1, 0.15) is 11.5 Å². The molecule has 112 valence electrons. The number of hydrogen-bond donors (Lipinski definition) is 1. The SMILES string of the molecule is COCc1ccn2nc(-c3ccc(F)cc3)c(C(N)=O)c2c1. The maximum atomic E-state index is 13.1. The van der Waals surface area contributed by atoms with Crippen LogP contribution in [-0.2, 0) is 11.3 Å². The van der Waals surface area contributed by atoms with E-state index in [-0.39, 0.29) is 5.82 Å². The Kier molecular flexibility index (Phi) is 3.60. The fourth-order valence-electron chi connectivity index (χ4n) is 2.40. The molecule has 0 atom stereocenters. The number of amides is 1. The second-order valence-corrected chi connectivity index (χ2v) is 4.89. The van der Waals surface area contributed by atoms with E-state index in [2.05, 4.69) is 5.10 Å². The number of rotatable bonds is 4. The molecule has 0 unspecified atom stereocenters. The minimum Gasteiger partial charge on any atom is -0.380 e. The second kappa shape index (κ2) is 5.57. The van der Waals surface area contributed by atoms with Gasteiger partial charge in [-0.25, -0.2) is 8.91 Å². The number of carbonyl (C=O) groups is 1. The third-order valence-electron chi connectivity index (χ3n) is 3.37. The summed E-state index contributed by atoms with van der Waals surface area (Å²) in [6.07, 6.45) is 1.74. The molecular formula is C16H14FN3O2. The first kappa shape index (κ1) is 14.2. The molecule has 0 spiro atoms. The van der Waals surface area contributed by atoms with Crippen molar-refractivity contribution in [1.82, 2.24) is 9.61 Å². The lowest BCUT2D eigenvalue weighted by molar-refractivity contribution is 0.100. The average Bonchev–Trinajstić information content (AvgIpc) is 2.87. The normalized spacial score (nSPS) is 11.0. The molecule has 0 aliphatic carbocycles. The van der Waals surface area contributed by atoms with Crippen LogP contribution in [0.1, 0.15) is 15.9 Å². The van der Waals surface area contributed by atoms with Gasteiger partial charge >= 0.3 is 0 Å². The third-order valence-corrected chi connectivity index (χ3v) is 3.37. The van der Waals surface area contributed by atoms with Crippen LogP contribution in [0.3, 0.4) is 0 Å². The molecule has 6 heteroatoms. The van der Waals surface area contributed by atoms with Crippen molar-refractivity contribution in [2.75, 3.05) is 7.11 Å². The lowest BCUT2D eigenvalue weighted by atomic mass is 10.1. The second-order valence-electron chi connectivity index (χ2n) is 4.89. The molecule has 5 nitrogen and oxygen atoms in total. The van der Waals surface area contributed by atoms with E-state index in [0.717, 1.165) is 5.56 Å². The van der Waals surface area contributed by atoms with Gasteiger partial charge in [-0.15, -0.1) is 0 Å². The first-order chi connectivity index (χ1) is 10.6. The van der Waals surface area contributed by atoms with E-state index >= 15 is 0 Å². The largest absolute Gasteiger partial charge is 0.380 e. The minimum absolute atomic E-state index is 0.310. The Morgan fingerprint density at radius 2 is 2.05 bits per heavy atom. The molecule has 22 heavy (non-hydrogen) atoms. The minimum atomic E-state index is -0.580. The van der Waals surface area contributed by atoms with Crippen molar-refractivity contribution in [2.45, 2.75) is 6.61 Å². The molecule has 0 radical (unpaired) electrons. The summed E-state index contributed by atoms with van der Waals surface area (Å²) < 4.78 is 19.7. The maximum absolute atomic E-state index is 13.1. The average molecular weight is 299 g/mol. The van der Waals surface area contributed by atoms with Gasteiger partial charge in [-0.2, -0.15) is 5.10 Å². The predicted octanol–water partition coefficient (Wildman–Crippen LogP) is 2.39. The van der Waals surface area contributed by atoms with Crippen LogP contribution in [0.5, 0.6) is 0 Å². The quantitative estimate of drug-likeness (QED) is 0.804. The maximum Gasteiger partial charge on any atom is 0.253 e. The number of nitrogens with zero attached hydrogens (tertiary/aromatic N) is 2. The number of carbonyl (C=O) groups excluding carboxylic acids is 1. The molecule has 3 aromatic rings. The molecule has 1 aromatic carbocycles. The zero-order valence-corrected chi connectivity index (χ0v) is 11.9. The number of primary amides is 1. The number of methoxy groups -OCH3 is 1. The molecular weight excluding hydrogens is 285 g/mol. The lowest BCUT2D eigenvalue weighted by Crippen LogP contribution is -2.12. The summed E-state index contributed by atoms with van der Waals surface area (Å²) in [5.74, 6) is -0.931. The zero-order valence-electron chi connectivity index (χ0n) is 11.9. The number of aromatic nitrogens is 2. The van der Waals surface area contributed by atoms with E-state index in [1.54, 1.807) is 30.0 Å². The van der Waals surface area contributed by atoms with Crippen LogP contribution in [0.2, 0.25) is 0 Å². The summed E-state index contributed by atoms with van der Waals surface area (Å²) in [4.78, 5) is 11.9. The lowest BCUT2D eigenvalue weighted by Gasteiger charge is -2.01. The summed E-state index contributed by atoms with van der Waals surface area (Å²) in [5.41, 5.74) is 8.40. The van der Waals surface area contributed by atoms with E-state index in [9.17, 15) is 9.18 Å². The summed E-state index contributed by atoms with van der Waals surface area (Å²) in [6, 6.07) is 9.44. The van der Waals surface area contributed by atoms with Crippen LogP contribution in [-0.4, -0.2) is 22.6 Å². The van der Waals surface area contributed by atoms with Gasteiger partial charge in [-0.05, 0) is 42.0 Å². The van der Waals surface area contributed by atoms with Gasteiger partial charge in [0.25, 0.3) is 5.91 Å². The van der Waals surface area contributed by atoms with Gasteiger partial charge in [0.2, 0.25) is 0 Å². The molecule has 0 bridgehead atoms. The van der Waals surface area contributed by atoms with Crippen LogP contribution < -0.4 is 5.73 Å². The van der Waals surface area contributed by atoms with Gasteiger partial charge in [0.05, 0.1) is 17.7 Å². The van der Waals surface area contributed by atoms with Crippen LogP contribution >= 0.6 is 0 Å². The Bertz CT molecular complexity index is 840. The fraction of sp³-hybridized carbons (Fsp3) is 0.125. The van der Waals surface area contributed by atoms with Crippen LogP contribution in [0, 0.1) is 5.82 Å². The number of ether oxygens (including phenoxy) is 1. The van der Waals surface area contributed by atoms with E-state index in [1.807, 2.05) is 12.1 Å². The van der Waals surface area contributed by atoms with Crippen molar-refractivity contribution in [3.05, 3.63) is 59.5 Å². The Hall–Kier alpha value is -2.73. The van der Waals surface area contributed by atoms with E-state index < -0.39 is 5.91 Å². The molecule has 3 rings (SSSR count). The topological polar surface area (TPSA) is 69.6 Å². The van der Waals surface area contributed by atoms with Gasteiger partial charge in [-0.1, -0.05) is 0 Å². The Morgan fingerprint density at radius 3 is 2.68 bits per heavy atom. The predicted molar refractivity (Wildman–Crippen MR) is 79.8 cm³/mol. The molecule has 0 saturated carbocycles. The molecule has 0 aliphatic rings.